The first-order chi connectivity index (χ1) is 13.0. The predicted molar refractivity (Wildman–Crippen MR) is 102 cm³/mol. The van der Waals surface area contributed by atoms with Crippen LogP contribution in [0, 0.1) is 11.3 Å². The van der Waals surface area contributed by atoms with Crippen molar-refractivity contribution >= 4 is 17.7 Å². The summed E-state index contributed by atoms with van der Waals surface area (Å²) in [7, 11) is 0. The van der Waals surface area contributed by atoms with Gasteiger partial charge in [-0.3, -0.25) is 4.79 Å². The Kier molecular flexibility index (Phi) is 6.45. The molecular formula is C19H28N6O2. The summed E-state index contributed by atoms with van der Waals surface area (Å²) in [4.78, 5) is 20.0. The van der Waals surface area contributed by atoms with Crippen LogP contribution < -0.4 is 16.0 Å². The molecule has 1 aromatic rings. The smallest absolute Gasteiger partial charge is 0.224 e. The van der Waals surface area contributed by atoms with Gasteiger partial charge in [0.1, 0.15) is 17.5 Å². The van der Waals surface area contributed by atoms with E-state index in [4.69, 9.17) is 0 Å². The van der Waals surface area contributed by atoms with Crippen LogP contribution in [-0.4, -0.2) is 45.2 Å². The Bertz CT molecular complexity index is 696. The molecule has 1 aromatic heterocycles. The van der Waals surface area contributed by atoms with Gasteiger partial charge in [-0.15, -0.1) is 0 Å². The monoisotopic (exact) mass is 372 g/mol. The number of hydrogen-bond donors (Lipinski definition) is 4. The van der Waals surface area contributed by atoms with E-state index in [0.29, 0.717) is 23.8 Å². The summed E-state index contributed by atoms with van der Waals surface area (Å²) in [5.74, 6) is 1.06. The largest absolute Gasteiger partial charge is 0.393 e. The van der Waals surface area contributed by atoms with Gasteiger partial charge in [0.05, 0.1) is 12.3 Å². The Hall–Kier alpha value is -2.40. The molecule has 2 atom stereocenters. The predicted octanol–water partition coefficient (Wildman–Crippen LogP) is 1.92. The van der Waals surface area contributed by atoms with Gasteiger partial charge in [-0.05, 0) is 51.4 Å². The van der Waals surface area contributed by atoms with Crippen molar-refractivity contribution in [3.63, 3.8) is 0 Å². The molecule has 8 heteroatoms. The molecule has 2 saturated carbocycles. The van der Waals surface area contributed by atoms with Gasteiger partial charge in [-0.25, -0.2) is 4.98 Å². The van der Waals surface area contributed by atoms with Crippen molar-refractivity contribution < 1.29 is 9.90 Å². The van der Waals surface area contributed by atoms with Gasteiger partial charge >= 0.3 is 0 Å². The molecule has 1 amide bonds. The quantitative estimate of drug-likeness (QED) is 0.622. The highest BCUT2D eigenvalue weighted by molar-refractivity contribution is 5.73. The van der Waals surface area contributed by atoms with E-state index in [9.17, 15) is 15.2 Å². The Labute approximate surface area is 159 Å². The minimum Gasteiger partial charge on any atom is -0.393 e. The summed E-state index contributed by atoms with van der Waals surface area (Å²) in [6, 6.07) is 2.76. The van der Waals surface area contributed by atoms with Gasteiger partial charge < -0.3 is 21.1 Å². The molecule has 146 valence electrons. The topological polar surface area (TPSA) is 123 Å². The van der Waals surface area contributed by atoms with E-state index >= 15 is 0 Å². The summed E-state index contributed by atoms with van der Waals surface area (Å²) in [5.41, 5.74) is 0.412. The Morgan fingerprint density at radius 3 is 2.56 bits per heavy atom. The highest BCUT2D eigenvalue weighted by Gasteiger charge is 2.24. The van der Waals surface area contributed by atoms with Crippen molar-refractivity contribution in [1.82, 2.24) is 15.3 Å². The number of amides is 1. The van der Waals surface area contributed by atoms with Gasteiger partial charge in [-0.2, -0.15) is 10.2 Å². The van der Waals surface area contributed by atoms with Crippen LogP contribution in [0.2, 0.25) is 0 Å². The maximum Gasteiger partial charge on any atom is 0.224 e. The zero-order chi connectivity index (χ0) is 19.2. The lowest BCUT2D eigenvalue weighted by atomic mass is 9.91. The van der Waals surface area contributed by atoms with E-state index in [2.05, 4.69) is 32.0 Å². The number of carbonyl (C=O) groups is 1. The molecule has 1 heterocycles. The lowest BCUT2D eigenvalue weighted by molar-refractivity contribution is -0.119. The molecule has 0 spiro atoms. The van der Waals surface area contributed by atoms with Crippen LogP contribution in [0.1, 0.15) is 63.9 Å². The summed E-state index contributed by atoms with van der Waals surface area (Å²) in [6.07, 6.45) is 8.41. The van der Waals surface area contributed by atoms with Crippen LogP contribution in [0.4, 0.5) is 11.8 Å². The standard InChI is InChI=1S/C19H28N6O2/c1-12(26)22-14-5-7-15(8-6-14)24-19-21-11-13(10-20)18(25-19)23-16-3-2-4-17(27)9-16/h11,14-17,27H,2-9H2,1H3,(H,22,26)(H2,21,23,24,25)/t14-,15-,16-,17+/m1/s1. The van der Waals surface area contributed by atoms with E-state index in [-0.39, 0.29) is 30.1 Å². The average Bonchev–Trinajstić information content (AvgIpc) is 2.63. The number of nitrogens with one attached hydrogen (secondary N) is 3. The van der Waals surface area contributed by atoms with Crippen LogP contribution in [0.5, 0.6) is 0 Å². The van der Waals surface area contributed by atoms with Crippen LogP contribution in [0.3, 0.4) is 0 Å². The highest BCUT2D eigenvalue weighted by atomic mass is 16.3. The molecule has 0 radical (unpaired) electrons. The van der Waals surface area contributed by atoms with Crippen molar-refractivity contribution in [2.75, 3.05) is 10.6 Å². The second-order valence-corrected chi connectivity index (χ2v) is 7.62. The fourth-order valence-corrected chi connectivity index (χ4v) is 3.98. The maximum atomic E-state index is 11.2. The Balaban J connectivity index is 1.60. The zero-order valence-electron chi connectivity index (χ0n) is 15.7. The third kappa shape index (κ3) is 5.54. The Morgan fingerprint density at radius 2 is 1.89 bits per heavy atom. The fourth-order valence-electron chi connectivity index (χ4n) is 3.98. The lowest BCUT2D eigenvalue weighted by Crippen LogP contribution is -2.39. The normalized spacial score (nSPS) is 28.0. The SMILES string of the molecule is CC(=O)N[C@H]1CC[C@H](Nc2ncc(C#N)c(N[C@@H]3CCC[C@H](O)C3)n2)CC1. The molecule has 2 aliphatic carbocycles. The third-order valence-electron chi connectivity index (χ3n) is 5.36. The van der Waals surface area contributed by atoms with Crippen molar-refractivity contribution in [1.29, 1.82) is 5.26 Å². The van der Waals surface area contributed by atoms with E-state index in [0.717, 1.165) is 44.9 Å². The molecule has 27 heavy (non-hydrogen) atoms. The minimum absolute atomic E-state index is 0.0189. The van der Waals surface area contributed by atoms with Crippen molar-refractivity contribution in [3.8, 4) is 6.07 Å². The second-order valence-electron chi connectivity index (χ2n) is 7.62. The molecule has 2 fully saturated rings. The fraction of sp³-hybridized carbons (Fsp3) is 0.684. The van der Waals surface area contributed by atoms with Crippen LogP contribution in [-0.2, 0) is 4.79 Å². The zero-order valence-corrected chi connectivity index (χ0v) is 15.7. The van der Waals surface area contributed by atoms with Crippen molar-refractivity contribution in [2.45, 2.75) is 82.5 Å². The molecule has 0 bridgehead atoms. The first-order valence-corrected chi connectivity index (χ1v) is 9.79. The minimum atomic E-state index is -0.292. The molecule has 3 rings (SSSR count). The second kappa shape index (κ2) is 9.00. The van der Waals surface area contributed by atoms with Gasteiger partial charge in [0.15, 0.2) is 0 Å². The van der Waals surface area contributed by atoms with E-state index in [1.54, 1.807) is 13.1 Å². The van der Waals surface area contributed by atoms with Gasteiger partial charge in [0, 0.05) is 25.0 Å². The van der Waals surface area contributed by atoms with Crippen LogP contribution in [0.15, 0.2) is 6.20 Å². The van der Waals surface area contributed by atoms with Crippen LogP contribution >= 0.6 is 0 Å². The number of anilines is 2. The van der Waals surface area contributed by atoms with Crippen molar-refractivity contribution in [2.24, 2.45) is 0 Å². The molecule has 0 saturated heterocycles. The number of aliphatic hydroxyl groups is 1. The molecule has 0 unspecified atom stereocenters. The number of aromatic nitrogens is 2. The van der Waals surface area contributed by atoms with Gasteiger partial charge in [0.25, 0.3) is 0 Å². The summed E-state index contributed by atoms with van der Waals surface area (Å²) in [6.45, 7) is 1.55. The number of carbonyl (C=O) groups excluding carboxylic acids is 1. The molecule has 2 aliphatic rings. The maximum absolute atomic E-state index is 11.2. The number of hydrogen-bond acceptors (Lipinski definition) is 7. The molecule has 8 nitrogen and oxygen atoms in total. The molecule has 4 N–H and O–H groups in total. The van der Waals surface area contributed by atoms with E-state index in [1.807, 2.05) is 0 Å². The summed E-state index contributed by atoms with van der Waals surface area (Å²) >= 11 is 0. The summed E-state index contributed by atoms with van der Waals surface area (Å²) < 4.78 is 0. The first-order valence-electron chi connectivity index (χ1n) is 9.79. The molecule has 0 aliphatic heterocycles. The molecule has 0 aromatic carbocycles. The highest BCUT2D eigenvalue weighted by Crippen LogP contribution is 2.25. The molecular weight excluding hydrogens is 344 g/mol. The van der Waals surface area contributed by atoms with Crippen molar-refractivity contribution in [3.05, 3.63) is 11.8 Å². The number of rotatable bonds is 5. The Morgan fingerprint density at radius 1 is 1.15 bits per heavy atom. The number of nitrogens with zero attached hydrogens (tertiary/aromatic N) is 3. The first kappa shape index (κ1) is 19.4. The van der Waals surface area contributed by atoms with E-state index in [1.165, 1.54) is 0 Å². The van der Waals surface area contributed by atoms with Gasteiger partial charge in [0.2, 0.25) is 11.9 Å². The average molecular weight is 372 g/mol. The number of nitriles is 1. The van der Waals surface area contributed by atoms with Gasteiger partial charge in [-0.1, -0.05) is 0 Å². The lowest BCUT2D eigenvalue weighted by Gasteiger charge is -2.30. The van der Waals surface area contributed by atoms with Crippen LogP contribution in [0.25, 0.3) is 0 Å². The number of aliphatic hydroxyl groups excluding tert-OH is 1. The summed E-state index contributed by atoms with van der Waals surface area (Å²) in [5, 5.41) is 28.8. The van der Waals surface area contributed by atoms with E-state index < -0.39 is 0 Å². The third-order valence-corrected chi connectivity index (χ3v) is 5.36.